The fourth-order valence-electron chi connectivity index (χ4n) is 2.17. The van der Waals surface area contributed by atoms with Crippen molar-refractivity contribution in [2.75, 3.05) is 25.0 Å². The lowest BCUT2D eigenvalue weighted by molar-refractivity contribution is 0.277. The van der Waals surface area contributed by atoms with Crippen molar-refractivity contribution in [1.82, 2.24) is 10.3 Å². The van der Waals surface area contributed by atoms with Crippen LogP contribution in [0, 0.1) is 0 Å². The predicted octanol–water partition coefficient (Wildman–Crippen LogP) is 0.762. The fraction of sp³-hybridized carbons (Fsp3) is 0.583. The van der Waals surface area contributed by atoms with Gasteiger partial charge in [0.25, 0.3) is 0 Å². The number of aromatic nitrogens is 1. The Morgan fingerprint density at radius 3 is 2.88 bits per heavy atom. The largest absolute Gasteiger partial charge is 0.390 e. The topological polar surface area (TPSA) is 48.4 Å². The Labute approximate surface area is 96.3 Å². The second-order valence-corrected chi connectivity index (χ2v) is 4.21. The van der Waals surface area contributed by atoms with E-state index >= 15 is 0 Å². The molecule has 0 spiro atoms. The molecule has 0 aliphatic carbocycles. The Bertz CT molecular complexity index is 335. The number of pyridine rings is 1. The summed E-state index contributed by atoms with van der Waals surface area (Å²) < 4.78 is 0. The number of aliphatic hydroxyl groups excluding tert-OH is 1. The number of rotatable bonds is 3. The number of nitrogens with zero attached hydrogens (tertiary/aromatic N) is 2. The smallest absolute Gasteiger partial charge is 0.0853 e. The molecule has 88 valence electrons. The van der Waals surface area contributed by atoms with Gasteiger partial charge in [0, 0.05) is 31.0 Å². The Morgan fingerprint density at radius 2 is 2.25 bits per heavy atom. The number of hydrogen-bond donors (Lipinski definition) is 2. The minimum Gasteiger partial charge on any atom is -0.390 e. The van der Waals surface area contributed by atoms with Gasteiger partial charge in [-0.25, -0.2) is 0 Å². The minimum absolute atomic E-state index is 0.0147. The van der Waals surface area contributed by atoms with Gasteiger partial charge in [-0.3, -0.25) is 4.98 Å². The van der Waals surface area contributed by atoms with E-state index in [1.54, 1.807) is 6.20 Å². The van der Waals surface area contributed by atoms with Gasteiger partial charge in [-0.2, -0.15) is 0 Å². The van der Waals surface area contributed by atoms with Gasteiger partial charge in [-0.1, -0.05) is 0 Å². The number of hydrogen-bond acceptors (Lipinski definition) is 4. The molecule has 2 N–H and O–H groups in total. The van der Waals surface area contributed by atoms with E-state index in [-0.39, 0.29) is 6.61 Å². The second-order valence-electron chi connectivity index (χ2n) is 4.21. The highest BCUT2D eigenvalue weighted by Crippen LogP contribution is 2.20. The van der Waals surface area contributed by atoms with Crippen molar-refractivity contribution in [3.63, 3.8) is 0 Å². The van der Waals surface area contributed by atoms with E-state index in [1.807, 2.05) is 19.2 Å². The lowest BCUT2D eigenvalue weighted by Gasteiger charge is -2.33. The van der Waals surface area contributed by atoms with E-state index in [1.165, 1.54) is 18.5 Å². The molecule has 1 saturated heterocycles. The quantitative estimate of drug-likeness (QED) is 0.791. The van der Waals surface area contributed by atoms with Crippen LogP contribution >= 0.6 is 0 Å². The van der Waals surface area contributed by atoms with E-state index in [0.717, 1.165) is 18.8 Å². The number of aliphatic hydroxyl groups is 1. The molecule has 0 amide bonds. The van der Waals surface area contributed by atoms with Crippen LogP contribution in [0.25, 0.3) is 0 Å². The molecule has 0 aromatic carbocycles. The summed E-state index contributed by atoms with van der Waals surface area (Å²) >= 11 is 0. The summed E-state index contributed by atoms with van der Waals surface area (Å²) in [7, 11) is 2.02. The summed E-state index contributed by atoms with van der Waals surface area (Å²) in [5.41, 5.74) is 1.92. The zero-order valence-electron chi connectivity index (χ0n) is 9.69. The van der Waals surface area contributed by atoms with Crippen molar-refractivity contribution < 1.29 is 5.11 Å². The summed E-state index contributed by atoms with van der Waals surface area (Å²) in [5, 5.41) is 12.4. The lowest BCUT2D eigenvalue weighted by atomic mass is 10.0. The van der Waals surface area contributed by atoms with Crippen molar-refractivity contribution in [1.29, 1.82) is 0 Å². The molecular weight excluding hydrogens is 202 g/mol. The maximum absolute atomic E-state index is 9.05. The van der Waals surface area contributed by atoms with Crippen molar-refractivity contribution in [2.45, 2.75) is 25.5 Å². The van der Waals surface area contributed by atoms with E-state index in [9.17, 15) is 0 Å². The van der Waals surface area contributed by atoms with E-state index in [4.69, 9.17) is 5.11 Å². The van der Waals surface area contributed by atoms with Gasteiger partial charge in [0.15, 0.2) is 0 Å². The summed E-state index contributed by atoms with van der Waals surface area (Å²) in [5.74, 6) is 0. The zero-order chi connectivity index (χ0) is 11.4. The van der Waals surface area contributed by atoms with Crippen LogP contribution in [0.1, 0.15) is 18.5 Å². The lowest BCUT2D eigenvalue weighted by Crippen LogP contribution is -2.41. The van der Waals surface area contributed by atoms with Crippen LogP contribution in [-0.4, -0.2) is 36.3 Å². The average molecular weight is 221 g/mol. The molecule has 1 aromatic heterocycles. The zero-order valence-corrected chi connectivity index (χ0v) is 9.69. The first-order chi connectivity index (χ1) is 7.83. The standard InChI is InChI=1S/C12H19N3O/c1-13-10-3-6-15(7-4-10)12-2-5-14-11(8-12)9-16/h2,5,8,10,13,16H,3-4,6-7,9H2,1H3. The summed E-state index contributed by atoms with van der Waals surface area (Å²) in [6.45, 7) is 2.15. The van der Waals surface area contributed by atoms with Crippen molar-refractivity contribution in [2.24, 2.45) is 0 Å². The highest BCUT2D eigenvalue weighted by atomic mass is 16.3. The molecule has 4 nitrogen and oxygen atoms in total. The predicted molar refractivity (Wildman–Crippen MR) is 64.5 cm³/mol. The molecular formula is C12H19N3O. The summed E-state index contributed by atoms with van der Waals surface area (Å²) in [4.78, 5) is 6.45. The first kappa shape index (κ1) is 11.4. The minimum atomic E-state index is 0.0147. The van der Waals surface area contributed by atoms with Gasteiger partial charge < -0.3 is 15.3 Å². The maximum Gasteiger partial charge on any atom is 0.0853 e. The third-order valence-corrected chi connectivity index (χ3v) is 3.23. The number of anilines is 1. The molecule has 1 fully saturated rings. The Kier molecular flexibility index (Phi) is 3.74. The van der Waals surface area contributed by atoms with Crippen LogP contribution in [0.2, 0.25) is 0 Å². The van der Waals surface area contributed by atoms with E-state index in [2.05, 4.69) is 15.2 Å². The molecule has 1 aliphatic rings. The SMILES string of the molecule is CNC1CCN(c2ccnc(CO)c2)CC1. The Morgan fingerprint density at radius 1 is 1.50 bits per heavy atom. The third kappa shape index (κ3) is 2.51. The third-order valence-electron chi connectivity index (χ3n) is 3.23. The first-order valence-electron chi connectivity index (χ1n) is 5.81. The molecule has 2 rings (SSSR count). The molecule has 0 unspecified atom stereocenters. The highest BCUT2D eigenvalue weighted by molar-refractivity contribution is 5.46. The van der Waals surface area contributed by atoms with Gasteiger partial charge >= 0.3 is 0 Å². The van der Waals surface area contributed by atoms with Crippen LogP contribution in [0.15, 0.2) is 18.3 Å². The van der Waals surface area contributed by atoms with Gasteiger partial charge in [0.1, 0.15) is 0 Å². The molecule has 0 radical (unpaired) electrons. The maximum atomic E-state index is 9.05. The molecule has 0 bridgehead atoms. The van der Waals surface area contributed by atoms with E-state index in [0.29, 0.717) is 6.04 Å². The molecule has 1 aromatic rings. The normalized spacial score (nSPS) is 17.8. The molecule has 4 heteroatoms. The van der Waals surface area contributed by atoms with Crippen LogP contribution < -0.4 is 10.2 Å². The highest BCUT2D eigenvalue weighted by Gasteiger charge is 2.17. The van der Waals surface area contributed by atoms with Crippen LogP contribution in [0.4, 0.5) is 5.69 Å². The van der Waals surface area contributed by atoms with Crippen LogP contribution in [0.3, 0.4) is 0 Å². The van der Waals surface area contributed by atoms with Crippen molar-refractivity contribution in [3.05, 3.63) is 24.0 Å². The molecule has 1 aliphatic heterocycles. The van der Waals surface area contributed by atoms with Crippen LogP contribution in [0.5, 0.6) is 0 Å². The second kappa shape index (κ2) is 5.27. The number of nitrogens with one attached hydrogen (secondary N) is 1. The van der Waals surface area contributed by atoms with Gasteiger partial charge in [0.2, 0.25) is 0 Å². The molecule has 0 saturated carbocycles. The average Bonchev–Trinajstić information content (AvgIpc) is 2.39. The Balaban J connectivity index is 2.02. The monoisotopic (exact) mass is 221 g/mol. The van der Waals surface area contributed by atoms with Crippen LogP contribution in [-0.2, 0) is 6.61 Å². The number of piperidine rings is 1. The molecule has 2 heterocycles. The van der Waals surface area contributed by atoms with Crippen molar-refractivity contribution >= 4 is 5.69 Å². The Hall–Kier alpha value is -1.13. The van der Waals surface area contributed by atoms with Gasteiger partial charge in [-0.15, -0.1) is 0 Å². The van der Waals surface area contributed by atoms with Crippen molar-refractivity contribution in [3.8, 4) is 0 Å². The molecule has 0 atom stereocenters. The van der Waals surface area contributed by atoms with Gasteiger partial charge in [-0.05, 0) is 32.0 Å². The summed E-state index contributed by atoms with van der Waals surface area (Å²) in [6.07, 6.45) is 4.12. The first-order valence-corrected chi connectivity index (χ1v) is 5.81. The van der Waals surface area contributed by atoms with E-state index < -0.39 is 0 Å². The molecule has 16 heavy (non-hydrogen) atoms. The summed E-state index contributed by atoms with van der Waals surface area (Å²) in [6, 6.07) is 4.63. The fourth-order valence-corrected chi connectivity index (χ4v) is 2.17. The van der Waals surface area contributed by atoms with Gasteiger partial charge in [0.05, 0.1) is 12.3 Å².